The number of carbonyl (C=O) groups excluding carboxylic acids is 2. The number of sulfonamides is 1. The van der Waals surface area contributed by atoms with E-state index in [-0.39, 0.29) is 29.6 Å². The second kappa shape index (κ2) is 6.42. The van der Waals surface area contributed by atoms with E-state index < -0.39 is 21.2 Å². The summed E-state index contributed by atoms with van der Waals surface area (Å²) in [5, 5.41) is -0.921. The number of amides is 3. The molecule has 3 rings (SSSR count). The quantitative estimate of drug-likeness (QED) is 0.706. The molecule has 142 valence electrons. The van der Waals surface area contributed by atoms with Gasteiger partial charge in [-0.05, 0) is 44.8 Å². The first-order valence-electron chi connectivity index (χ1n) is 9.01. The summed E-state index contributed by atoms with van der Waals surface area (Å²) in [4.78, 5) is 26.6. The third-order valence-corrected chi connectivity index (χ3v) is 6.68. The number of allylic oxidation sites excluding steroid dienone is 1. The van der Waals surface area contributed by atoms with E-state index in [1.165, 1.54) is 6.08 Å². The fourth-order valence-corrected chi connectivity index (χ4v) is 4.82. The zero-order chi connectivity index (χ0) is 19.3. The van der Waals surface area contributed by atoms with E-state index in [0.29, 0.717) is 12.3 Å². The fraction of sp³-hybridized carbons (Fsp3) is 0.611. The molecule has 1 fully saturated rings. The van der Waals surface area contributed by atoms with Crippen LogP contribution in [0.4, 0.5) is 4.79 Å². The Hall–Kier alpha value is -1.80. The maximum absolute atomic E-state index is 12.7. The second-order valence-electron chi connectivity index (χ2n) is 7.83. The number of rotatable bonds is 6. The molecule has 0 spiro atoms. The van der Waals surface area contributed by atoms with Crippen LogP contribution in [0.25, 0.3) is 0 Å². The minimum atomic E-state index is -3.63. The fourth-order valence-electron chi connectivity index (χ4n) is 3.19. The van der Waals surface area contributed by atoms with E-state index >= 15 is 0 Å². The summed E-state index contributed by atoms with van der Waals surface area (Å²) >= 11 is 0. The summed E-state index contributed by atoms with van der Waals surface area (Å²) < 4.78 is 29.6. The Kier molecular flexibility index (Phi) is 4.69. The molecule has 2 aliphatic carbocycles. The molecule has 1 heterocycles. The molecule has 3 amide bonds. The van der Waals surface area contributed by atoms with Gasteiger partial charge in [-0.3, -0.25) is 0 Å². The average Bonchev–Trinajstić information content (AvgIpc) is 3.27. The van der Waals surface area contributed by atoms with E-state index in [4.69, 9.17) is 0 Å². The Morgan fingerprint density at radius 3 is 2.54 bits per heavy atom. The monoisotopic (exact) mass is 380 g/mol. The largest absolute Gasteiger partial charge is 0.501 e. The van der Waals surface area contributed by atoms with E-state index in [2.05, 4.69) is 4.72 Å². The number of fused-ring (bicyclic) bond motifs is 1. The number of hydrogen-bond donors (Lipinski definition) is 1. The summed E-state index contributed by atoms with van der Waals surface area (Å²) in [7, 11) is -3.63. The smallest absolute Gasteiger partial charge is 0.240 e. The maximum atomic E-state index is 12.7. The summed E-state index contributed by atoms with van der Waals surface area (Å²) in [6.07, 6.45) is 6.24. The highest BCUT2D eigenvalue weighted by Gasteiger charge is 2.47. The van der Waals surface area contributed by atoms with Crippen LogP contribution in [0.5, 0.6) is 0 Å². The Morgan fingerprint density at radius 2 is 2.00 bits per heavy atom. The lowest BCUT2D eigenvalue weighted by molar-refractivity contribution is -0.443. The molecule has 8 heteroatoms. The van der Waals surface area contributed by atoms with Crippen LogP contribution in [0.15, 0.2) is 23.8 Å². The Balaban J connectivity index is 2.02. The van der Waals surface area contributed by atoms with Gasteiger partial charge in [-0.2, -0.15) is 14.3 Å². The zero-order valence-corrected chi connectivity index (χ0v) is 16.5. The number of hydrogen-bond acceptors (Lipinski definition) is 4. The number of nitrogens with zero attached hydrogens (tertiary/aromatic N) is 2. The SMILES string of the molecule is CCN1C(=O)C2=CC(S(=O)(=O)NC3(C)CC3)C=CC2=[N+](CC(C)C)C1=O. The number of carbonyl (C=O) groups is 2. The third kappa shape index (κ3) is 3.40. The van der Waals surface area contributed by atoms with Crippen molar-refractivity contribution in [3.63, 3.8) is 0 Å². The van der Waals surface area contributed by atoms with Crippen molar-refractivity contribution in [3.8, 4) is 0 Å². The second-order valence-corrected chi connectivity index (χ2v) is 9.67. The molecule has 0 radical (unpaired) electrons. The van der Waals surface area contributed by atoms with Crippen molar-refractivity contribution in [3.05, 3.63) is 23.8 Å². The van der Waals surface area contributed by atoms with Gasteiger partial charge in [0.25, 0.3) is 0 Å². The Morgan fingerprint density at radius 1 is 1.35 bits per heavy atom. The van der Waals surface area contributed by atoms with Crippen LogP contribution in [0.2, 0.25) is 0 Å². The zero-order valence-electron chi connectivity index (χ0n) is 15.7. The molecular formula is C18H26N3O4S+. The molecule has 1 saturated carbocycles. The van der Waals surface area contributed by atoms with Gasteiger partial charge in [0, 0.05) is 5.54 Å². The van der Waals surface area contributed by atoms with Gasteiger partial charge in [0.1, 0.15) is 16.5 Å². The normalized spacial score (nSPS) is 24.9. The van der Waals surface area contributed by atoms with Crippen molar-refractivity contribution in [2.24, 2.45) is 5.92 Å². The molecule has 1 aliphatic heterocycles. The van der Waals surface area contributed by atoms with E-state index in [9.17, 15) is 18.0 Å². The summed E-state index contributed by atoms with van der Waals surface area (Å²) in [6.45, 7) is 8.29. The van der Waals surface area contributed by atoms with Gasteiger partial charge in [-0.1, -0.05) is 19.9 Å². The molecule has 1 N–H and O–H groups in total. The van der Waals surface area contributed by atoms with Crippen LogP contribution in [0.1, 0.15) is 40.5 Å². The summed E-state index contributed by atoms with van der Waals surface area (Å²) in [5.74, 6) is -0.222. The lowest BCUT2D eigenvalue weighted by Gasteiger charge is -2.26. The van der Waals surface area contributed by atoms with Crippen molar-refractivity contribution in [2.45, 2.75) is 51.3 Å². The molecule has 0 aromatic heterocycles. The van der Waals surface area contributed by atoms with E-state index in [1.54, 1.807) is 23.7 Å². The molecule has 1 unspecified atom stereocenters. The van der Waals surface area contributed by atoms with Crippen LogP contribution in [0.3, 0.4) is 0 Å². The van der Waals surface area contributed by atoms with Crippen molar-refractivity contribution in [1.82, 2.24) is 9.62 Å². The van der Waals surface area contributed by atoms with Gasteiger partial charge in [0.15, 0.2) is 0 Å². The number of nitrogens with one attached hydrogen (secondary N) is 1. The van der Waals surface area contributed by atoms with Gasteiger partial charge in [-0.15, -0.1) is 0 Å². The molecule has 3 aliphatic rings. The summed E-state index contributed by atoms with van der Waals surface area (Å²) in [6, 6.07) is -0.354. The van der Waals surface area contributed by atoms with Gasteiger partial charge >= 0.3 is 11.9 Å². The Bertz CT molecular complexity index is 848. The molecule has 0 saturated heterocycles. The number of likely N-dealkylation sites (N-methyl/N-ethyl adjacent to an activating group) is 1. The van der Waals surface area contributed by atoms with Crippen LogP contribution in [-0.4, -0.2) is 59.4 Å². The molecule has 0 aromatic rings. The van der Waals surface area contributed by atoms with Crippen LogP contribution in [-0.2, 0) is 14.8 Å². The predicted octanol–water partition coefficient (Wildman–Crippen LogP) is 1.41. The lowest BCUT2D eigenvalue weighted by atomic mass is 9.99. The first kappa shape index (κ1) is 19.0. The molecule has 0 aromatic carbocycles. The lowest BCUT2D eigenvalue weighted by Crippen LogP contribution is -2.52. The van der Waals surface area contributed by atoms with Crippen molar-refractivity contribution in [2.75, 3.05) is 13.1 Å². The third-order valence-electron chi connectivity index (χ3n) is 4.89. The van der Waals surface area contributed by atoms with Crippen LogP contribution < -0.4 is 4.72 Å². The standard InChI is InChI=1S/C18H26N3O4S/c1-5-20-16(22)14-10-13(26(24,25)19-18(4)8-9-18)6-7-15(14)21(17(20)23)11-12(2)3/h6-7,10,12-13,19H,5,8-9,11H2,1-4H3/q+1. The molecular weight excluding hydrogens is 354 g/mol. The maximum Gasteiger partial charge on any atom is 0.501 e. The van der Waals surface area contributed by atoms with Gasteiger partial charge in [0.05, 0.1) is 13.1 Å². The molecule has 0 bridgehead atoms. The Labute approximate surface area is 154 Å². The van der Waals surface area contributed by atoms with Crippen molar-refractivity contribution >= 4 is 27.7 Å². The van der Waals surface area contributed by atoms with Crippen molar-refractivity contribution in [1.29, 1.82) is 0 Å². The van der Waals surface area contributed by atoms with E-state index in [0.717, 1.165) is 17.7 Å². The first-order valence-corrected chi connectivity index (χ1v) is 10.6. The summed E-state index contributed by atoms with van der Waals surface area (Å²) in [5.41, 5.74) is 0.398. The van der Waals surface area contributed by atoms with Crippen LogP contribution in [0, 0.1) is 5.92 Å². The first-order chi connectivity index (χ1) is 12.1. The number of urea groups is 1. The topological polar surface area (TPSA) is 86.6 Å². The predicted molar refractivity (Wildman–Crippen MR) is 98.5 cm³/mol. The van der Waals surface area contributed by atoms with Gasteiger partial charge < -0.3 is 0 Å². The highest BCUT2D eigenvalue weighted by molar-refractivity contribution is 7.90. The van der Waals surface area contributed by atoms with E-state index in [1.807, 2.05) is 20.8 Å². The highest BCUT2D eigenvalue weighted by atomic mass is 32.2. The van der Waals surface area contributed by atoms with Crippen molar-refractivity contribution < 1.29 is 22.6 Å². The highest BCUT2D eigenvalue weighted by Crippen LogP contribution is 2.36. The molecule has 26 heavy (non-hydrogen) atoms. The van der Waals surface area contributed by atoms with Crippen LogP contribution >= 0.6 is 0 Å². The molecule has 7 nitrogen and oxygen atoms in total. The molecule has 1 atom stereocenters. The van der Waals surface area contributed by atoms with Gasteiger partial charge in [0.2, 0.25) is 10.0 Å². The minimum Gasteiger partial charge on any atom is -0.240 e. The minimum absolute atomic E-state index is 0.214. The number of imide groups is 1. The average molecular weight is 380 g/mol. The van der Waals surface area contributed by atoms with Gasteiger partial charge in [-0.25, -0.2) is 17.9 Å².